The zero-order chi connectivity index (χ0) is 19.0. The van der Waals surface area contributed by atoms with Crippen LogP contribution in [-0.2, 0) is 7.05 Å². The number of H-pyrrole nitrogens is 1. The zero-order valence-corrected chi connectivity index (χ0v) is 16.2. The third-order valence-corrected chi connectivity index (χ3v) is 5.43. The van der Waals surface area contributed by atoms with Gasteiger partial charge in [-0.3, -0.25) is 9.48 Å². The maximum atomic E-state index is 12.9. The topological polar surface area (TPSA) is 75.6 Å². The SMILES string of the molecule is CC(C)[C@H](NC(=O)c1cc(-c2cccs2)nn1C)c1nc2ccccc2[nH]1. The van der Waals surface area contributed by atoms with Crippen molar-refractivity contribution < 1.29 is 4.79 Å². The Morgan fingerprint density at radius 1 is 1.22 bits per heavy atom. The minimum absolute atomic E-state index is 0.160. The number of aryl methyl sites for hydroxylation is 1. The number of thiophene rings is 1. The molecule has 4 rings (SSSR count). The van der Waals surface area contributed by atoms with E-state index in [1.54, 1.807) is 23.1 Å². The zero-order valence-electron chi connectivity index (χ0n) is 15.4. The van der Waals surface area contributed by atoms with Crippen LogP contribution in [0, 0.1) is 5.92 Å². The van der Waals surface area contributed by atoms with Crippen LogP contribution >= 0.6 is 11.3 Å². The molecule has 0 bridgehead atoms. The van der Waals surface area contributed by atoms with E-state index in [9.17, 15) is 4.79 Å². The Morgan fingerprint density at radius 3 is 2.74 bits per heavy atom. The molecule has 7 heteroatoms. The van der Waals surface area contributed by atoms with Crippen LogP contribution in [0.4, 0.5) is 0 Å². The Kier molecular flexibility index (Phi) is 4.53. The van der Waals surface area contributed by atoms with E-state index in [2.05, 4.69) is 34.2 Å². The van der Waals surface area contributed by atoms with Gasteiger partial charge >= 0.3 is 0 Å². The summed E-state index contributed by atoms with van der Waals surface area (Å²) >= 11 is 1.61. The highest BCUT2D eigenvalue weighted by Gasteiger charge is 2.24. The van der Waals surface area contributed by atoms with E-state index in [1.165, 1.54) is 0 Å². The maximum Gasteiger partial charge on any atom is 0.270 e. The fourth-order valence-corrected chi connectivity index (χ4v) is 3.79. The third kappa shape index (κ3) is 3.38. The molecule has 0 spiro atoms. The normalized spacial score (nSPS) is 12.6. The molecule has 0 aliphatic rings. The molecular formula is C20H21N5OS. The molecule has 1 amide bonds. The molecule has 27 heavy (non-hydrogen) atoms. The standard InChI is InChI=1S/C20H21N5OS/c1-12(2)18(19-21-13-7-4-5-8-14(13)22-19)23-20(26)16-11-15(24-25(16)3)17-9-6-10-27-17/h4-12,18H,1-3H3,(H,21,22)(H,23,26)/t18-/m0/s1. The average Bonchev–Trinajstić information content (AvgIpc) is 3.37. The van der Waals surface area contributed by atoms with Gasteiger partial charge in [0.2, 0.25) is 0 Å². The molecule has 4 aromatic rings. The highest BCUT2D eigenvalue weighted by Crippen LogP contribution is 2.25. The van der Waals surface area contributed by atoms with Gasteiger partial charge in [0.15, 0.2) is 0 Å². The van der Waals surface area contributed by atoms with E-state index >= 15 is 0 Å². The van der Waals surface area contributed by atoms with Crippen LogP contribution in [0.2, 0.25) is 0 Å². The molecule has 2 N–H and O–H groups in total. The molecule has 1 aromatic carbocycles. The smallest absolute Gasteiger partial charge is 0.270 e. The summed E-state index contributed by atoms with van der Waals surface area (Å²) in [7, 11) is 1.79. The molecule has 0 aliphatic carbocycles. The Morgan fingerprint density at radius 2 is 2.04 bits per heavy atom. The third-order valence-electron chi connectivity index (χ3n) is 4.54. The molecule has 3 heterocycles. The van der Waals surface area contributed by atoms with Crippen molar-refractivity contribution in [1.82, 2.24) is 25.1 Å². The molecule has 0 saturated carbocycles. The summed E-state index contributed by atoms with van der Waals surface area (Å²) in [5.41, 5.74) is 3.20. The minimum Gasteiger partial charge on any atom is -0.341 e. The second-order valence-electron chi connectivity index (χ2n) is 6.85. The van der Waals surface area contributed by atoms with Crippen molar-refractivity contribution in [2.45, 2.75) is 19.9 Å². The predicted octanol–water partition coefficient (Wildman–Crippen LogP) is 4.15. The second-order valence-corrected chi connectivity index (χ2v) is 7.80. The first-order valence-corrected chi connectivity index (χ1v) is 9.74. The lowest BCUT2D eigenvalue weighted by Crippen LogP contribution is -2.33. The lowest BCUT2D eigenvalue weighted by Gasteiger charge is -2.20. The maximum absolute atomic E-state index is 12.9. The van der Waals surface area contributed by atoms with Gasteiger partial charge in [-0.25, -0.2) is 4.98 Å². The van der Waals surface area contributed by atoms with Gasteiger partial charge in [-0.05, 0) is 35.6 Å². The molecule has 3 aromatic heterocycles. The first kappa shape index (κ1) is 17.5. The first-order chi connectivity index (χ1) is 13.0. The van der Waals surface area contributed by atoms with Crippen molar-refractivity contribution in [3.63, 3.8) is 0 Å². The number of carbonyl (C=O) groups excluding carboxylic acids is 1. The van der Waals surface area contributed by atoms with Gasteiger partial charge < -0.3 is 10.3 Å². The Balaban J connectivity index is 1.61. The molecule has 138 valence electrons. The molecule has 0 unspecified atom stereocenters. The van der Waals surface area contributed by atoms with E-state index in [0.717, 1.165) is 27.4 Å². The van der Waals surface area contributed by atoms with E-state index < -0.39 is 0 Å². The summed E-state index contributed by atoms with van der Waals surface area (Å²) < 4.78 is 1.63. The number of imidazole rings is 1. The van der Waals surface area contributed by atoms with E-state index in [4.69, 9.17) is 0 Å². The van der Waals surface area contributed by atoms with Gasteiger partial charge in [0.25, 0.3) is 5.91 Å². The molecule has 0 fully saturated rings. The summed E-state index contributed by atoms with van der Waals surface area (Å²) in [5, 5.41) is 9.60. The van der Waals surface area contributed by atoms with Crippen LogP contribution in [0.5, 0.6) is 0 Å². The van der Waals surface area contributed by atoms with Crippen LogP contribution in [-0.4, -0.2) is 25.7 Å². The number of carbonyl (C=O) groups is 1. The van der Waals surface area contributed by atoms with Crippen molar-refractivity contribution >= 4 is 28.3 Å². The van der Waals surface area contributed by atoms with Crippen molar-refractivity contribution in [1.29, 1.82) is 0 Å². The molecular weight excluding hydrogens is 358 g/mol. The number of rotatable bonds is 5. The molecule has 0 radical (unpaired) electrons. The molecule has 0 aliphatic heterocycles. The number of aromatic nitrogens is 4. The summed E-state index contributed by atoms with van der Waals surface area (Å²) in [6.07, 6.45) is 0. The van der Waals surface area contributed by atoms with Gasteiger partial charge in [0.05, 0.1) is 22.0 Å². The lowest BCUT2D eigenvalue weighted by molar-refractivity contribution is 0.0913. The van der Waals surface area contributed by atoms with Gasteiger partial charge in [0.1, 0.15) is 17.2 Å². The summed E-state index contributed by atoms with van der Waals surface area (Å²) in [6, 6.07) is 13.5. The second kappa shape index (κ2) is 7.00. The number of aromatic amines is 1. The van der Waals surface area contributed by atoms with Crippen LogP contribution in [0.25, 0.3) is 21.6 Å². The average molecular weight is 379 g/mol. The summed E-state index contributed by atoms with van der Waals surface area (Å²) in [5.74, 6) is 0.784. The van der Waals surface area contributed by atoms with Crippen molar-refractivity contribution in [2.75, 3.05) is 0 Å². The van der Waals surface area contributed by atoms with Gasteiger partial charge in [0, 0.05) is 7.05 Å². The van der Waals surface area contributed by atoms with E-state index in [1.807, 2.05) is 47.8 Å². The van der Waals surface area contributed by atoms with Crippen LogP contribution in [0.1, 0.15) is 36.2 Å². The van der Waals surface area contributed by atoms with Crippen LogP contribution in [0.15, 0.2) is 47.8 Å². The van der Waals surface area contributed by atoms with Crippen molar-refractivity contribution in [3.8, 4) is 10.6 Å². The molecule has 1 atom stereocenters. The van der Waals surface area contributed by atoms with E-state index in [0.29, 0.717) is 5.69 Å². The van der Waals surface area contributed by atoms with Crippen molar-refractivity contribution in [2.24, 2.45) is 13.0 Å². The minimum atomic E-state index is -0.218. The fourth-order valence-electron chi connectivity index (χ4n) is 3.11. The van der Waals surface area contributed by atoms with Gasteiger partial charge in [-0.1, -0.05) is 32.0 Å². The van der Waals surface area contributed by atoms with Crippen LogP contribution < -0.4 is 5.32 Å². The lowest BCUT2D eigenvalue weighted by atomic mass is 10.0. The number of amides is 1. The number of nitrogens with one attached hydrogen (secondary N) is 2. The summed E-state index contributed by atoms with van der Waals surface area (Å²) in [4.78, 5) is 22.0. The molecule has 0 saturated heterocycles. The largest absolute Gasteiger partial charge is 0.341 e. The van der Waals surface area contributed by atoms with Crippen molar-refractivity contribution in [3.05, 3.63) is 59.4 Å². The number of hydrogen-bond donors (Lipinski definition) is 2. The summed E-state index contributed by atoms with van der Waals surface area (Å²) in [6.45, 7) is 4.14. The number of para-hydroxylation sites is 2. The predicted molar refractivity (Wildman–Crippen MR) is 108 cm³/mol. The highest BCUT2D eigenvalue weighted by molar-refractivity contribution is 7.13. The first-order valence-electron chi connectivity index (χ1n) is 8.86. The van der Waals surface area contributed by atoms with E-state index in [-0.39, 0.29) is 17.9 Å². The number of nitrogens with zero attached hydrogens (tertiary/aromatic N) is 3. The monoisotopic (exact) mass is 379 g/mol. The number of benzene rings is 1. The van der Waals surface area contributed by atoms with Crippen LogP contribution in [0.3, 0.4) is 0 Å². The quantitative estimate of drug-likeness (QED) is 0.547. The fraction of sp³-hybridized carbons (Fsp3) is 0.250. The molecule has 6 nitrogen and oxygen atoms in total. The Hall–Kier alpha value is -2.93. The number of fused-ring (bicyclic) bond motifs is 1. The number of hydrogen-bond acceptors (Lipinski definition) is 4. The Labute approximate surface area is 161 Å². The highest BCUT2D eigenvalue weighted by atomic mass is 32.1. The Bertz CT molecular complexity index is 1040. The van der Waals surface area contributed by atoms with Gasteiger partial charge in [-0.2, -0.15) is 5.10 Å². The van der Waals surface area contributed by atoms with Gasteiger partial charge in [-0.15, -0.1) is 11.3 Å².